The van der Waals surface area contributed by atoms with Crippen LogP contribution in [0.15, 0.2) is 52.2 Å². The molecule has 5 heterocycles. The van der Waals surface area contributed by atoms with Gasteiger partial charge in [0.1, 0.15) is 18.2 Å². The first kappa shape index (κ1) is 25.0. The molecule has 200 valence electrons. The van der Waals surface area contributed by atoms with Gasteiger partial charge in [-0.2, -0.15) is 15.3 Å². The largest absolute Gasteiger partial charge is 0.379 e. The summed E-state index contributed by atoms with van der Waals surface area (Å²) < 4.78 is 13.8. The summed E-state index contributed by atoms with van der Waals surface area (Å²) in [6.07, 6.45) is 5.88. The molecular weight excluding hydrogens is 496 g/mol. The van der Waals surface area contributed by atoms with Crippen molar-refractivity contribution in [1.29, 1.82) is 5.26 Å². The van der Waals surface area contributed by atoms with Crippen LogP contribution in [0, 0.1) is 11.3 Å². The third-order valence-corrected chi connectivity index (χ3v) is 7.52. The number of anilines is 1. The van der Waals surface area contributed by atoms with E-state index in [1.807, 2.05) is 44.2 Å². The number of rotatable bonds is 6. The van der Waals surface area contributed by atoms with Gasteiger partial charge in [-0.25, -0.2) is 19.0 Å². The van der Waals surface area contributed by atoms with E-state index in [4.69, 9.17) is 14.2 Å². The highest BCUT2D eigenvalue weighted by atomic mass is 16.5. The van der Waals surface area contributed by atoms with Gasteiger partial charge in [0.15, 0.2) is 5.82 Å². The zero-order valence-electron chi connectivity index (χ0n) is 22.0. The van der Waals surface area contributed by atoms with Crippen molar-refractivity contribution < 1.29 is 9.26 Å². The molecule has 11 heteroatoms. The van der Waals surface area contributed by atoms with E-state index in [-0.39, 0.29) is 23.6 Å². The molecule has 3 aromatic heterocycles. The van der Waals surface area contributed by atoms with Gasteiger partial charge in [0.2, 0.25) is 5.89 Å². The van der Waals surface area contributed by atoms with E-state index >= 15 is 0 Å². The summed E-state index contributed by atoms with van der Waals surface area (Å²) in [6, 6.07) is 11.8. The van der Waals surface area contributed by atoms with E-state index in [9.17, 15) is 10.1 Å². The molecule has 4 aromatic rings. The minimum Gasteiger partial charge on any atom is -0.379 e. The molecule has 6 rings (SSSR count). The van der Waals surface area contributed by atoms with Gasteiger partial charge in [-0.3, -0.25) is 0 Å². The molecule has 2 aliphatic rings. The quantitative estimate of drug-likeness (QED) is 0.368. The lowest BCUT2D eigenvalue weighted by molar-refractivity contribution is 0.183. The fourth-order valence-corrected chi connectivity index (χ4v) is 5.22. The Labute approximate surface area is 225 Å². The molecule has 0 spiro atoms. The average molecular weight is 527 g/mol. The van der Waals surface area contributed by atoms with Crippen LogP contribution in [-0.2, 0) is 4.74 Å². The highest BCUT2D eigenvalue weighted by Gasteiger charge is 2.27. The number of piperidine rings is 1. The number of hydrogen-bond acceptors (Lipinski definition) is 9. The Hall–Kier alpha value is -4.30. The Kier molecular flexibility index (Phi) is 6.70. The molecule has 39 heavy (non-hydrogen) atoms. The number of nitriles is 1. The van der Waals surface area contributed by atoms with Gasteiger partial charge < -0.3 is 14.2 Å². The summed E-state index contributed by atoms with van der Waals surface area (Å²) in [6.45, 7) is 6.76. The number of ether oxygens (including phenoxy) is 1. The van der Waals surface area contributed by atoms with Crippen molar-refractivity contribution in [3.8, 4) is 22.9 Å². The Morgan fingerprint density at radius 1 is 1.10 bits per heavy atom. The summed E-state index contributed by atoms with van der Waals surface area (Å²) in [5, 5.41) is 18.4. The predicted octanol–water partition coefficient (Wildman–Crippen LogP) is 3.82. The lowest BCUT2D eigenvalue weighted by atomic mass is 9.95. The maximum Gasteiger partial charge on any atom is 0.350 e. The third kappa shape index (κ3) is 4.83. The first-order chi connectivity index (χ1) is 19.0. The third-order valence-electron chi connectivity index (χ3n) is 7.52. The van der Waals surface area contributed by atoms with Crippen molar-refractivity contribution in [1.82, 2.24) is 29.5 Å². The SMILES string of the molecule is CC(C)c1nc(C2CCN(c3ncc(-c4ccc(-n5cnn(C6CCOC6)c5=O)cc4)cc3C#N)CC2)no1. The second kappa shape index (κ2) is 10.5. The van der Waals surface area contributed by atoms with Gasteiger partial charge >= 0.3 is 5.69 Å². The summed E-state index contributed by atoms with van der Waals surface area (Å²) in [7, 11) is 0. The second-order valence-electron chi connectivity index (χ2n) is 10.4. The molecule has 0 amide bonds. The predicted molar refractivity (Wildman–Crippen MR) is 143 cm³/mol. The van der Waals surface area contributed by atoms with Crippen molar-refractivity contribution in [2.75, 3.05) is 31.2 Å². The van der Waals surface area contributed by atoms with E-state index in [0.29, 0.717) is 30.5 Å². The van der Waals surface area contributed by atoms with E-state index in [0.717, 1.165) is 55.0 Å². The first-order valence-electron chi connectivity index (χ1n) is 13.3. The van der Waals surface area contributed by atoms with Crippen molar-refractivity contribution in [3.05, 3.63) is 70.6 Å². The van der Waals surface area contributed by atoms with Crippen LogP contribution >= 0.6 is 0 Å². The monoisotopic (exact) mass is 526 g/mol. The van der Waals surface area contributed by atoms with Crippen LogP contribution in [0.3, 0.4) is 0 Å². The molecule has 1 aromatic carbocycles. The van der Waals surface area contributed by atoms with Gasteiger partial charge in [0, 0.05) is 43.3 Å². The van der Waals surface area contributed by atoms with Crippen molar-refractivity contribution in [2.24, 2.45) is 0 Å². The number of benzene rings is 1. The van der Waals surface area contributed by atoms with Crippen LogP contribution in [0.4, 0.5) is 5.82 Å². The maximum absolute atomic E-state index is 12.9. The Bertz CT molecular complexity index is 1550. The normalized spacial score (nSPS) is 18.1. The van der Waals surface area contributed by atoms with Gasteiger partial charge in [-0.15, -0.1) is 0 Å². The number of aromatic nitrogens is 6. The minimum absolute atomic E-state index is 0.0190. The van der Waals surface area contributed by atoms with Crippen LogP contribution in [0.5, 0.6) is 0 Å². The first-order valence-corrected chi connectivity index (χ1v) is 13.3. The van der Waals surface area contributed by atoms with E-state index in [1.165, 1.54) is 9.25 Å². The Morgan fingerprint density at radius 2 is 1.90 bits per heavy atom. The summed E-state index contributed by atoms with van der Waals surface area (Å²) in [5.41, 5.74) is 2.84. The standard InChI is InChI=1S/C28H30N8O3/c1-18(2)27-32-25(33-39-27)20-7-10-34(11-8-20)26-21(14-29)13-22(15-30-26)19-3-5-23(6-4-19)35-17-31-36(28(35)37)24-9-12-38-16-24/h3-6,13,15,17-18,20,24H,7-12,16H2,1-2H3. The molecule has 0 radical (unpaired) electrons. The summed E-state index contributed by atoms with van der Waals surface area (Å²) in [4.78, 5) is 24.3. The van der Waals surface area contributed by atoms with Crippen molar-refractivity contribution in [3.63, 3.8) is 0 Å². The van der Waals surface area contributed by atoms with Gasteiger partial charge in [-0.1, -0.05) is 31.1 Å². The fraction of sp³-hybridized carbons (Fsp3) is 0.429. The average Bonchev–Trinajstić information content (AvgIpc) is 3.74. The van der Waals surface area contributed by atoms with Gasteiger partial charge in [0.25, 0.3) is 0 Å². The van der Waals surface area contributed by atoms with Crippen LogP contribution in [0.25, 0.3) is 16.8 Å². The molecule has 0 aliphatic carbocycles. The molecular formula is C28H30N8O3. The molecule has 0 N–H and O–H groups in total. The van der Waals surface area contributed by atoms with Crippen molar-refractivity contribution >= 4 is 5.82 Å². The second-order valence-corrected chi connectivity index (χ2v) is 10.4. The maximum atomic E-state index is 12.9. The fourth-order valence-electron chi connectivity index (χ4n) is 5.22. The Morgan fingerprint density at radius 3 is 2.56 bits per heavy atom. The number of nitrogens with zero attached hydrogens (tertiary/aromatic N) is 8. The minimum atomic E-state index is -0.181. The molecule has 0 saturated carbocycles. The number of pyridine rings is 1. The molecule has 11 nitrogen and oxygen atoms in total. The number of hydrogen-bond donors (Lipinski definition) is 0. The van der Waals surface area contributed by atoms with E-state index < -0.39 is 0 Å². The van der Waals surface area contributed by atoms with Gasteiger partial charge in [0.05, 0.1) is 23.9 Å². The topological polar surface area (TPSA) is 128 Å². The lowest BCUT2D eigenvalue weighted by Crippen LogP contribution is -2.34. The van der Waals surface area contributed by atoms with Gasteiger partial charge in [-0.05, 0) is 43.0 Å². The van der Waals surface area contributed by atoms with Crippen LogP contribution in [-0.4, -0.2) is 55.8 Å². The molecule has 0 bridgehead atoms. The lowest BCUT2D eigenvalue weighted by Gasteiger charge is -2.32. The van der Waals surface area contributed by atoms with E-state index in [2.05, 4.69) is 26.2 Å². The summed E-state index contributed by atoms with van der Waals surface area (Å²) in [5.74, 6) is 2.59. The smallest absolute Gasteiger partial charge is 0.350 e. The highest BCUT2D eigenvalue weighted by molar-refractivity contribution is 5.69. The zero-order valence-corrected chi connectivity index (χ0v) is 22.0. The highest BCUT2D eigenvalue weighted by Crippen LogP contribution is 2.32. The Balaban J connectivity index is 1.16. The van der Waals surface area contributed by atoms with Crippen molar-refractivity contribution in [2.45, 2.75) is 51.0 Å². The molecule has 2 fully saturated rings. The molecule has 2 aliphatic heterocycles. The summed E-state index contributed by atoms with van der Waals surface area (Å²) >= 11 is 0. The van der Waals surface area contributed by atoms with Crippen LogP contribution in [0.2, 0.25) is 0 Å². The molecule has 1 atom stereocenters. The van der Waals surface area contributed by atoms with Crippen LogP contribution < -0.4 is 10.6 Å². The molecule has 2 saturated heterocycles. The van der Waals surface area contributed by atoms with Crippen LogP contribution in [0.1, 0.15) is 68.3 Å². The van der Waals surface area contributed by atoms with E-state index in [1.54, 1.807) is 12.5 Å². The molecule has 1 unspecified atom stereocenters. The zero-order chi connectivity index (χ0) is 26.9.